The number of rotatable bonds is 1. The molecule has 0 N–H and O–H groups in total. The van der Waals surface area contributed by atoms with Crippen LogP contribution in [0.15, 0.2) is 47.3 Å². The molecule has 0 saturated carbocycles. The van der Waals surface area contributed by atoms with E-state index in [1.165, 1.54) is 11.6 Å². The molecule has 112 valence electrons. The van der Waals surface area contributed by atoms with Crippen LogP contribution in [0.2, 0.25) is 0 Å². The van der Waals surface area contributed by atoms with Crippen molar-refractivity contribution >= 4 is 22.4 Å². The van der Waals surface area contributed by atoms with Gasteiger partial charge in [-0.2, -0.15) is 0 Å². The monoisotopic (exact) mass is 306 g/mol. The number of nitro groups is 1. The summed E-state index contributed by atoms with van der Waals surface area (Å²) in [6.45, 7) is 0. The quantitative estimate of drug-likeness (QED) is 0.400. The molecule has 3 aromatic rings. The summed E-state index contributed by atoms with van der Waals surface area (Å²) in [4.78, 5) is 36.0. The largest absolute Gasteiger partial charge is 0.342 e. The van der Waals surface area contributed by atoms with Gasteiger partial charge in [0.2, 0.25) is 0 Å². The van der Waals surface area contributed by atoms with Crippen LogP contribution in [0.1, 0.15) is 15.9 Å². The highest BCUT2D eigenvalue weighted by Crippen LogP contribution is 2.42. The summed E-state index contributed by atoms with van der Waals surface area (Å²) in [5.41, 5.74) is 0.769. The number of carbonyl (C=O) groups is 1. The number of hydrogen-bond acceptors (Lipinski definition) is 4. The van der Waals surface area contributed by atoms with E-state index in [1.54, 1.807) is 42.5 Å². The first kappa shape index (κ1) is 13.4. The Balaban J connectivity index is 2.39. The molecule has 1 aromatic heterocycles. The van der Waals surface area contributed by atoms with Crippen LogP contribution in [0.25, 0.3) is 22.0 Å². The maximum absolute atomic E-state index is 12.7. The van der Waals surface area contributed by atoms with Gasteiger partial charge < -0.3 is 4.57 Å². The second kappa shape index (κ2) is 4.36. The van der Waals surface area contributed by atoms with Crippen LogP contribution < -0.4 is 5.56 Å². The zero-order chi connectivity index (χ0) is 16.3. The minimum atomic E-state index is -0.682. The maximum atomic E-state index is 12.7. The van der Waals surface area contributed by atoms with Gasteiger partial charge in [-0.3, -0.25) is 19.7 Å². The lowest BCUT2D eigenvalue weighted by atomic mass is 9.83. The van der Waals surface area contributed by atoms with E-state index < -0.39 is 16.2 Å². The molecule has 1 aliphatic carbocycles. The second-order valence-corrected chi connectivity index (χ2v) is 5.42. The first-order chi connectivity index (χ1) is 11.0. The van der Waals surface area contributed by atoms with Crippen LogP contribution in [-0.4, -0.2) is 15.3 Å². The molecular formula is C17H10N2O4. The lowest BCUT2D eigenvalue weighted by Gasteiger charge is -2.20. The van der Waals surface area contributed by atoms with Crippen LogP contribution in [0, 0.1) is 10.1 Å². The molecule has 0 saturated heterocycles. The molecule has 6 nitrogen and oxygen atoms in total. The Hall–Kier alpha value is -3.28. The van der Waals surface area contributed by atoms with E-state index in [1.807, 2.05) is 0 Å². The Labute approximate surface area is 129 Å². The number of benzene rings is 2. The van der Waals surface area contributed by atoms with E-state index in [2.05, 4.69) is 0 Å². The van der Waals surface area contributed by atoms with Gasteiger partial charge in [0.05, 0.1) is 16.0 Å². The first-order valence-electron chi connectivity index (χ1n) is 6.96. The highest BCUT2D eigenvalue weighted by molar-refractivity contribution is 6.26. The molecular weight excluding hydrogens is 296 g/mol. The standard InChI is InChI=1S/C17H10N2O4/c1-18-12-8-4-7-11-13(12)14(15(17(18)21)19(22)23)9-5-2-3-6-10(9)16(11)20/h2-8H,1H3. The Morgan fingerprint density at radius 1 is 0.957 bits per heavy atom. The molecule has 1 aliphatic rings. The Kier molecular flexibility index (Phi) is 2.54. The van der Waals surface area contributed by atoms with Gasteiger partial charge >= 0.3 is 11.2 Å². The zero-order valence-corrected chi connectivity index (χ0v) is 12.1. The van der Waals surface area contributed by atoms with E-state index in [-0.39, 0.29) is 11.3 Å². The number of carbonyl (C=O) groups excluding carboxylic acids is 1. The summed E-state index contributed by atoms with van der Waals surface area (Å²) in [5.74, 6) is -0.188. The molecule has 0 radical (unpaired) electrons. The molecule has 0 unspecified atom stereocenters. The topological polar surface area (TPSA) is 82.2 Å². The second-order valence-electron chi connectivity index (χ2n) is 5.42. The predicted molar refractivity (Wildman–Crippen MR) is 84.7 cm³/mol. The van der Waals surface area contributed by atoms with Crippen molar-refractivity contribution in [1.82, 2.24) is 4.57 Å². The number of aryl methyl sites for hydroxylation is 1. The molecule has 0 amide bonds. The fraction of sp³-hybridized carbons (Fsp3) is 0.0588. The first-order valence-corrected chi connectivity index (χ1v) is 6.96. The van der Waals surface area contributed by atoms with Crippen molar-refractivity contribution in [3.05, 3.63) is 74.1 Å². The van der Waals surface area contributed by atoms with E-state index in [4.69, 9.17) is 0 Å². The van der Waals surface area contributed by atoms with Gasteiger partial charge in [0.25, 0.3) is 0 Å². The van der Waals surface area contributed by atoms with Crippen molar-refractivity contribution in [2.75, 3.05) is 0 Å². The number of hydrogen-bond donors (Lipinski definition) is 0. The lowest BCUT2D eigenvalue weighted by Crippen LogP contribution is -2.24. The highest BCUT2D eigenvalue weighted by atomic mass is 16.6. The molecule has 0 aliphatic heterocycles. The van der Waals surface area contributed by atoms with Crippen LogP contribution >= 0.6 is 0 Å². The summed E-state index contributed by atoms with van der Waals surface area (Å²) in [6.07, 6.45) is 0. The van der Waals surface area contributed by atoms with Gasteiger partial charge in [-0.25, -0.2) is 0 Å². The number of ketones is 1. The van der Waals surface area contributed by atoms with Gasteiger partial charge in [-0.05, 0) is 6.07 Å². The van der Waals surface area contributed by atoms with Gasteiger partial charge in [-0.15, -0.1) is 0 Å². The van der Waals surface area contributed by atoms with Crippen molar-refractivity contribution in [2.24, 2.45) is 7.05 Å². The van der Waals surface area contributed by atoms with Gasteiger partial charge in [0.15, 0.2) is 5.78 Å². The van der Waals surface area contributed by atoms with Crippen LogP contribution in [0.3, 0.4) is 0 Å². The Bertz CT molecular complexity index is 1100. The highest BCUT2D eigenvalue weighted by Gasteiger charge is 2.34. The zero-order valence-electron chi connectivity index (χ0n) is 12.1. The molecule has 0 spiro atoms. The van der Waals surface area contributed by atoms with Crippen molar-refractivity contribution in [2.45, 2.75) is 0 Å². The third-order valence-corrected chi connectivity index (χ3v) is 4.27. The smallest absolute Gasteiger partial charge is 0.305 e. The minimum Gasteiger partial charge on any atom is -0.305 e. The molecule has 6 heteroatoms. The normalized spacial score (nSPS) is 12.3. The number of pyridine rings is 1. The third-order valence-electron chi connectivity index (χ3n) is 4.27. The van der Waals surface area contributed by atoms with E-state index in [0.29, 0.717) is 27.6 Å². The molecule has 4 rings (SSSR count). The van der Waals surface area contributed by atoms with Crippen LogP contribution in [0.5, 0.6) is 0 Å². The molecule has 2 aromatic carbocycles. The Morgan fingerprint density at radius 2 is 1.61 bits per heavy atom. The van der Waals surface area contributed by atoms with Crippen LogP contribution in [0.4, 0.5) is 5.69 Å². The van der Waals surface area contributed by atoms with Crippen molar-refractivity contribution < 1.29 is 9.72 Å². The number of aromatic nitrogens is 1. The van der Waals surface area contributed by atoms with Gasteiger partial charge in [-0.1, -0.05) is 36.4 Å². The number of fused-ring (bicyclic) bond motifs is 2. The fourth-order valence-corrected chi connectivity index (χ4v) is 3.24. The molecule has 0 fully saturated rings. The lowest BCUT2D eigenvalue weighted by molar-refractivity contribution is -0.385. The van der Waals surface area contributed by atoms with Gasteiger partial charge in [0, 0.05) is 29.1 Å². The Morgan fingerprint density at radius 3 is 2.30 bits per heavy atom. The summed E-state index contributed by atoms with van der Waals surface area (Å²) >= 11 is 0. The van der Waals surface area contributed by atoms with E-state index in [0.717, 1.165) is 0 Å². The molecule has 23 heavy (non-hydrogen) atoms. The fourth-order valence-electron chi connectivity index (χ4n) is 3.24. The third kappa shape index (κ3) is 1.57. The SMILES string of the molecule is Cn1c(=O)c([N+](=O)[O-])c2c3c(cccc31)C(=O)c1ccccc1-2. The summed E-state index contributed by atoms with van der Waals surface area (Å²) < 4.78 is 1.22. The van der Waals surface area contributed by atoms with Crippen molar-refractivity contribution in [3.63, 3.8) is 0 Å². The number of nitrogens with zero attached hydrogens (tertiary/aromatic N) is 2. The maximum Gasteiger partial charge on any atom is 0.342 e. The summed E-state index contributed by atoms with van der Waals surface area (Å²) in [7, 11) is 1.48. The van der Waals surface area contributed by atoms with E-state index in [9.17, 15) is 19.7 Å². The minimum absolute atomic E-state index is 0.188. The van der Waals surface area contributed by atoms with Crippen molar-refractivity contribution in [1.29, 1.82) is 0 Å². The average Bonchev–Trinajstić information content (AvgIpc) is 2.55. The molecule has 1 heterocycles. The van der Waals surface area contributed by atoms with Crippen molar-refractivity contribution in [3.8, 4) is 11.1 Å². The van der Waals surface area contributed by atoms with Gasteiger partial charge in [0.1, 0.15) is 0 Å². The predicted octanol–water partition coefficient (Wildman–Crippen LogP) is 2.66. The average molecular weight is 306 g/mol. The van der Waals surface area contributed by atoms with Crippen LogP contribution in [-0.2, 0) is 7.05 Å². The summed E-state index contributed by atoms with van der Waals surface area (Å²) in [6, 6.07) is 11.7. The molecule has 0 bridgehead atoms. The molecule has 0 atom stereocenters. The van der Waals surface area contributed by atoms with E-state index >= 15 is 0 Å². The summed E-state index contributed by atoms with van der Waals surface area (Å²) in [5, 5.41) is 12.0.